The molecular formula is C9H5BrClNO2. The average Bonchev–Trinajstić information content (AvgIpc) is 2.18. The van der Waals surface area contributed by atoms with Crippen LogP contribution in [-0.2, 0) is 4.74 Å². The van der Waals surface area contributed by atoms with Crippen LogP contribution in [0.1, 0.15) is 15.9 Å². The lowest BCUT2D eigenvalue weighted by Gasteiger charge is -2.05. The fourth-order valence-corrected chi connectivity index (χ4v) is 1.87. The Morgan fingerprint density at radius 3 is 2.79 bits per heavy atom. The predicted octanol–water partition coefficient (Wildman–Crippen LogP) is 2.76. The van der Waals surface area contributed by atoms with Crippen molar-refractivity contribution >= 4 is 33.5 Å². The van der Waals surface area contributed by atoms with E-state index in [1.807, 2.05) is 6.07 Å². The fraction of sp³-hybridized carbons (Fsp3) is 0.111. The molecule has 5 heteroatoms. The number of carbonyl (C=O) groups excluding carboxylic acids is 1. The molecule has 1 aromatic rings. The molecule has 0 amide bonds. The van der Waals surface area contributed by atoms with Gasteiger partial charge in [-0.15, -0.1) is 0 Å². The summed E-state index contributed by atoms with van der Waals surface area (Å²) < 4.78 is 4.90. The van der Waals surface area contributed by atoms with Crippen molar-refractivity contribution in [1.82, 2.24) is 0 Å². The maximum atomic E-state index is 11.3. The molecule has 0 aliphatic heterocycles. The van der Waals surface area contributed by atoms with Crippen LogP contribution in [-0.4, -0.2) is 13.1 Å². The van der Waals surface area contributed by atoms with Crippen molar-refractivity contribution in [3.63, 3.8) is 0 Å². The van der Waals surface area contributed by atoms with Gasteiger partial charge in [0.05, 0.1) is 27.7 Å². The summed E-state index contributed by atoms with van der Waals surface area (Å²) in [6.07, 6.45) is 0. The average molecular weight is 275 g/mol. The van der Waals surface area contributed by atoms with Crippen LogP contribution >= 0.6 is 27.5 Å². The van der Waals surface area contributed by atoms with Gasteiger partial charge >= 0.3 is 5.97 Å². The number of benzene rings is 1. The van der Waals surface area contributed by atoms with E-state index in [-0.39, 0.29) is 10.6 Å². The van der Waals surface area contributed by atoms with Crippen molar-refractivity contribution < 1.29 is 9.53 Å². The van der Waals surface area contributed by atoms with Crippen LogP contribution < -0.4 is 0 Å². The van der Waals surface area contributed by atoms with Gasteiger partial charge in [0.15, 0.2) is 0 Å². The first-order valence-corrected chi connectivity index (χ1v) is 4.75. The van der Waals surface area contributed by atoms with Crippen molar-refractivity contribution in [3.05, 3.63) is 32.8 Å². The van der Waals surface area contributed by atoms with E-state index in [2.05, 4.69) is 20.7 Å². The van der Waals surface area contributed by atoms with E-state index in [1.54, 1.807) is 0 Å². The van der Waals surface area contributed by atoms with Crippen LogP contribution in [0.5, 0.6) is 0 Å². The van der Waals surface area contributed by atoms with Crippen LogP contribution in [0.2, 0.25) is 5.02 Å². The number of hydrogen-bond donors (Lipinski definition) is 0. The highest BCUT2D eigenvalue weighted by molar-refractivity contribution is 9.10. The normalized spacial score (nSPS) is 9.29. The minimum absolute atomic E-state index is 0.174. The van der Waals surface area contributed by atoms with Gasteiger partial charge < -0.3 is 4.74 Å². The molecule has 0 heterocycles. The van der Waals surface area contributed by atoms with Crippen LogP contribution in [0.3, 0.4) is 0 Å². The number of nitrogens with zero attached hydrogens (tertiary/aromatic N) is 1. The Kier molecular flexibility index (Phi) is 3.50. The van der Waals surface area contributed by atoms with Crippen molar-refractivity contribution in [2.75, 3.05) is 7.11 Å². The molecule has 3 nitrogen and oxygen atoms in total. The molecule has 0 radical (unpaired) electrons. The molecule has 0 bridgehead atoms. The second-order valence-electron chi connectivity index (χ2n) is 2.39. The third kappa shape index (κ3) is 1.89. The van der Waals surface area contributed by atoms with E-state index in [0.29, 0.717) is 10.0 Å². The highest BCUT2D eigenvalue weighted by Crippen LogP contribution is 2.28. The van der Waals surface area contributed by atoms with Gasteiger partial charge in [0.25, 0.3) is 0 Å². The molecule has 0 unspecified atom stereocenters. The third-order valence-electron chi connectivity index (χ3n) is 1.60. The fourth-order valence-electron chi connectivity index (χ4n) is 0.928. The molecule has 14 heavy (non-hydrogen) atoms. The van der Waals surface area contributed by atoms with E-state index >= 15 is 0 Å². The van der Waals surface area contributed by atoms with E-state index in [4.69, 9.17) is 16.9 Å². The molecule has 0 saturated carbocycles. The first-order valence-electron chi connectivity index (χ1n) is 3.58. The number of nitriles is 1. The number of carbonyl (C=O) groups is 1. The number of rotatable bonds is 1. The van der Waals surface area contributed by atoms with Crippen molar-refractivity contribution in [2.45, 2.75) is 0 Å². The van der Waals surface area contributed by atoms with Gasteiger partial charge in [-0.2, -0.15) is 5.26 Å². The molecule has 0 aliphatic rings. The molecule has 0 spiro atoms. The van der Waals surface area contributed by atoms with E-state index in [1.165, 1.54) is 19.2 Å². The first-order chi connectivity index (χ1) is 6.61. The summed E-state index contributed by atoms with van der Waals surface area (Å²) in [5.74, 6) is -0.570. The molecule has 0 aromatic heterocycles. The lowest BCUT2D eigenvalue weighted by atomic mass is 10.1. The Morgan fingerprint density at radius 1 is 1.64 bits per heavy atom. The largest absolute Gasteiger partial charge is 0.465 e. The Hall–Kier alpha value is -1.05. The predicted molar refractivity (Wildman–Crippen MR) is 55.2 cm³/mol. The van der Waals surface area contributed by atoms with Gasteiger partial charge in [-0.1, -0.05) is 11.6 Å². The maximum Gasteiger partial charge on any atom is 0.340 e. The molecule has 0 fully saturated rings. The summed E-state index contributed by atoms with van der Waals surface area (Å²) in [6.45, 7) is 0. The summed E-state index contributed by atoms with van der Waals surface area (Å²) in [5, 5.41) is 8.97. The monoisotopic (exact) mass is 273 g/mol. The topological polar surface area (TPSA) is 50.1 Å². The van der Waals surface area contributed by atoms with Gasteiger partial charge in [0, 0.05) is 0 Å². The second kappa shape index (κ2) is 4.45. The van der Waals surface area contributed by atoms with E-state index in [0.717, 1.165) is 0 Å². The van der Waals surface area contributed by atoms with Gasteiger partial charge in [0.1, 0.15) is 6.07 Å². The first kappa shape index (κ1) is 11.0. The van der Waals surface area contributed by atoms with Crippen LogP contribution in [0.15, 0.2) is 16.6 Å². The van der Waals surface area contributed by atoms with Crippen LogP contribution in [0.4, 0.5) is 0 Å². The molecule has 0 aliphatic carbocycles. The van der Waals surface area contributed by atoms with Gasteiger partial charge in [-0.3, -0.25) is 0 Å². The summed E-state index contributed by atoms with van der Waals surface area (Å²) in [5.41, 5.74) is 0.517. The smallest absolute Gasteiger partial charge is 0.340 e. The minimum Gasteiger partial charge on any atom is -0.465 e. The summed E-state index contributed by atoms with van der Waals surface area (Å²) in [4.78, 5) is 11.3. The highest BCUT2D eigenvalue weighted by Gasteiger charge is 2.17. The van der Waals surface area contributed by atoms with E-state index in [9.17, 15) is 4.79 Å². The van der Waals surface area contributed by atoms with E-state index < -0.39 is 5.97 Å². The number of methoxy groups -OCH3 is 1. The zero-order valence-electron chi connectivity index (χ0n) is 7.17. The van der Waals surface area contributed by atoms with Crippen LogP contribution in [0, 0.1) is 11.3 Å². The summed E-state index contributed by atoms with van der Waals surface area (Å²) in [6, 6.07) is 4.94. The number of esters is 1. The Balaban J connectivity index is 3.42. The molecule has 0 N–H and O–H groups in total. The molecule has 0 atom stereocenters. The molecule has 72 valence electrons. The summed E-state index contributed by atoms with van der Waals surface area (Å²) >= 11 is 8.92. The van der Waals surface area contributed by atoms with Crippen molar-refractivity contribution in [2.24, 2.45) is 0 Å². The third-order valence-corrected chi connectivity index (χ3v) is 2.74. The molecule has 1 aromatic carbocycles. The summed E-state index contributed by atoms with van der Waals surface area (Å²) in [7, 11) is 1.25. The lowest BCUT2D eigenvalue weighted by molar-refractivity contribution is 0.0600. The zero-order valence-corrected chi connectivity index (χ0v) is 9.52. The number of halogens is 2. The Bertz CT molecular complexity index is 426. The van der Waals surface area contributed by atoms with Crippen LogP contribution in [0.25, 0.3) is 0 Å². The van der Waals surface area contributed by atoms with Crippen molar-refractivity contribution in [1.29, 1.82) is 5.26 Å². The molecule has 1 rings (SSSR count). The molecule has 0 saturated heterocycles. The van der Waals surface area contributed by atoms with Gasteiger partial charge in [0.2, 0.25) is 0 Å². The standard InChI is InChI=1S/C9H5BrClNO2/c1-14-9(13)7-6(11)3-2-5(4-12)8(7)10/h2-3H,1H3. The highest BCUT2D eigenvalue weighted by atomic mass is 79.9. The number of ether oxygens (including phenoxy) is 1. The van der Waals surface area contributed by atoms with Gasteiger partial charge in [-0.05, 0) is 28.1 Å². The number of hydrogen-bond acceptors (Lipinski definition) is 3. The Morgan fingerprint density at radius 2 is 2.29 bits per heavy atom. The zero-order chi connectivity index (χ0) is 10.7. The van der Waals surface area contributed by atoms with Crippen molar-refractivity contribution in [3.8, 4) is 6.07 Å². The Labute approximate surface area is 94.4 Å². The second-order valence-corrected chi connectivity index (χ2v) is 3.59. The lowest BCUT2D eigenvalue weighted by Crippen LogP contribution is -2.04. The SMILES string of the molecule is COC(=O)c1c(Cl)ccc(C#N)c1Br. The van der Waals surface area contributed by atoms with Gasteiger partial charge in [-0.25, -0.2) is 4.79 Å². The maximum absolute atomic E-state index is 11.3. The minimum atomic E-state index is -0.570. The quantitative estimate of drug-likeness (QED) is 0.740. The molecular weight excluding hydrogens is 269 g/mol.